The second kappa shape index (κ2) is 5.90. The molecule has 20 heavy (non-hydrogen) atoms. The molecule has 2 aromatic carbocycles. The summed E-state index contributed by atoms with van der Waals surface area (Å²) < 4.78 is 37.5. The SMILES string of the molecule is C=CCc1ccccc1Oc1ccccc1S(=O)(=O)O. The Kier molecular flexibility index (Phi) is 4.22. The van der Waals surface area contributed by atoms with Crippen molar-refractivity contribution < 1.29 is 17.7 Å². The van der Waals surface area contributed by atoms with Gasteiger partial charge in [-0.1, -0.05) is 36.4 Å². The van der Waals surface area contributed by atoms with Gasteiger partial charge >= 0.3 is 0 Å². The molecule has 0 aromatic heterocycles. The molecule has 0 atom stereocenters. The Bertz CT molecular complexity index is 720. The van der Waals surface area contributed by atoms with Gasteiger partial charge in [0.25, 0.3) is 10.1 Å². The van der Waals surface area contributed by atoms with Crippen molar-refractivity contribution in [2.24, 2.45) is 0 Å². The molecular weight excluding hydrogens is 276 g/mol. The maximum absolute atomic E-state index is 11.3. The monoisotopic (exact) mass is 290 g/mol. The first kappa shape index (κ1) is 14.3. The van der Waals surface area contributed by atoms with Gasteiger partial charge in [0.15, 0.2) is 0 Å². The van der Waals surface area contributed by atoms with E-state index in [0.29, 0.717) is 12.2 Å². The number of para-hydroxylation sites is 2. The molecule has 1 N–H and O–H groups in total. The highest BCUT2D eigenvalue weighted by atomic mass is 32.2. The Morgan fingerprint density at radius 1 is 1.05 bits per heavy atom. The molecule has 0 aliphatic carbocycles. The van der Waals surface area contributed by atoms with E-state index in [9.17, 15) is 13.0 Å². The zero-order chi connectivity index (χ0) is 14.6. The van der Waals surface area contributed by atoms with Crippen molar-refractivity contribution in [2.45, 2.75) is 11.3 Å². The van der Waals surface area contributed by atoms with E-state index in [1.54, 1.807) is 24.3 Å². The van der Waals surface area contributed by atoms with Crippen molar-refractivity contribution in [3.05, 3.63) is 66.7 Å². The zero-order valence-electron chi connectivity index (χ0n) is 10.7. The molecule has 0 bridgehead atoms. The Hall–Kier alpha value is -2.11. The fourth-order valence-electron chi connectivity index (χ4n) is 1.79. The van der Waals surface area contributed by atoms with Gasteiger partial charge in [0.1, 0.15) is 16.4 Å². The molecule has 0 spiro atoms. The van der Waals surface area contributed by atoms with Crippen LogP contribution in [-0.2, 0) is 16.5 Å². The van der Waals surface area contributed by atoms with E-state index in [-0.39, 0.29) is 10.6 Å². The fraction of sp³-hybridized carbons (Fsp3) is 0.0667. The van der Waals surface area contributed by atoms with Crippen LogP contribution in [0, 0.1) is 0 Å². The molecule has 0 unspecified atom stereocenters. The summed E-state index contributed by atoms with van der Waals surface area (Å²) >= 11 is 0. The van der Waals surface area contributed by atoms with Crippen LogP contribution in [0.25, 0.3) is 0 Å². The number of hydrogen-bond donors (Lipinski definition) is 1. The van der Waals surface area contributed by atoms with Crippen molar-refractivity contribution in [3.63, 3.8) is 0 Å². The first-order chi connectivity index (χ1) is 9.52. The summed E-state index contributed by atoms with van der Waals surface area (Å²) in [5.41, 5.74) is 0.882. The van der Waals surface area contributed by atoms with E-state index >= 15 is 0 Å². The lowest BCUT2D eigenvalue weighted by Crippen LogP contribution is -2.01. The molecule has 0 saturated carbocycles. The Labute approximate surface area is 118 Å². The van der Waals surface area contributed by atoms with E-state index in [4.69, 9.17) is 4.74 Å². The lowest BCUT2D eigenvalue weighted by Gasteiger charge is -2.12. The predicted octanol–water partition coefficient (Wildman–Crippen LogP) is 3.45. The maximum Gasteiger partial charge on any atom is 0.298 e. The van der Waals surface area contributed by atoms with Crippen LogP contribution in [0.15, 0.2) is 66.1 Å². The molecule has 0 fully saturated rings. The van der Waals surface area contributed by atoms with Gasteiger partial charge in [-0.05, 0) is 30.2 Å². The first-order valence-electron chi connectivity index (χ1n) is 5.95. The molecule has 2 aromatic rings. The molecule has 4 nitrogen and oxygen atoms in total. The number of hydrogen-bond acceptors (Lipinski definition) is 3. The van der Waals surface area contributed by atoms with Gasteiger partial charge < -0.3 is 4.74 Å². The van der Waals surface area contributed by atoms with Crippen LogP contribution in [0.1, 0.15) is 5.56 Å². The van der Waals surface area contributed by atoms with Crippen LogP contribution in [0.2, 0.25) is 0 Å². The second-order valence-corrected chi connectivity index (χ2v) is 5.51. The highest BCUT2D eigenvalue weighted by molar-refractivity contribution is 7.86. The summed E-state index contributed by atoms with van der Waals surface area (Å²) in [6.07, 6.45) is 2.33. The highest BCUT2D eigenvalue weighted by Gasteiger charge is 2.17. The van der Waals surface area contributed by atoms with Gasteiger partial charge in [-0.2, -0.15) is 8.42 Å². The molecule has 0 aliphatic heterocycles. The van der Waals surface area contributed by atoms with E-state index in [0.717, 1.165) is 5.56 Å². The summed E-state index contributed by atoms with van der Waals surface area (Å²) in [4.78, 5) is -0.256. The Balaban J connectivity index is 2.43. The quantitative estimate of drug-likeness (QED) is 0.676. The smallest absolute Gasteiger partial charge is 0.298 e. The van der Waals surface area contributed by atoms with Crippen LogP contribution >= 0.6 is 0 Å². The Morgan fingerprint density at radius 3 is 2.30 bits per heavy atom. The van der Waals surface area contributed by atoms with E-state index < -0.39 is 10.1 Å². The highest BCUT2D eigenvalue weighted by Crippen LogP contribution is 2.30. The van der Waals surface area contributed by atoms with Crippen molar-refractivity contribution in [1.29, 1.82) is 0 Å². The standard InChI is InChI=1S/C15H14O4S/c1-2-7-12-8-3-4-9-13(12)19-14-10-5-6-11-15(14)20(16,17)18/h2-6,8-11H,1,7H2,(H,16,17,18). The number of rotatable bonds is 5. The summed E-state index contributed by atoms with van der Waals surface area (Å²) in [6, 6.07) is 13.2. The fourth-order valence-corrected chi connectivity index (χ4v) is 2.41. The molecule has 0 amide bonds. The number of allylic oxidation sites excluding steroid dienone is 1. The van der Waals surface area contributed by atoms with E-state index in [2.05, 4.69) is 6.58 Å². The van der Waals surface area contributed by atoms with Crippen molar-refractivity contribution >= 4 is 10.1 Å². The average Bonchev–Trinajstić information content (AvgIpc) is 2.41. The first-order valence-corrected chi connectivity index (χ1v) is 7.39. The number of ether oxygens (including phenoxy) is 1. The summed E-state index contributed by atoms with van der Waals surface area (Å²) in [5, 5.41) is 0. The van der Waals surface area contributed by atoms with Crippen LogP contribution in [0.4, 0.5) is 0 Å². The topological polar surface area (TPSA) is 63.6 Å². The van der Waals surface area contributed by atoms with Crippen LogP contribution in [0.3, 0.4) is 0 Å². The molecule has 0 heterocycles. The van der Waals surface area contributed by atoms with Crippen molar-refractivity contribution in [2.75, 3.05) is 0 Å². The van der Waals surface area contributed by atoms with Gasteiger partial charge in [-0.15, -0.1) is 6.58 Å². The minimum Gasteiger partial charge on any atom is -0.456 e. The maximum atomic E-state index is 11.3. The molecule has 5 heteroatoms. The lowest BCUT2D eigenvalue weighted by atomic mass is 10.1. The van der Waals surface area contributed by atoms with Gasteiger partial charge in [0.2, 0.25) is 0 Å². The lowest BCUT2D eigenvalue weighted by molar-refractivity contribution is 0.447. The summed E-state index contributed by atoms with van der Waals surface area (Å²) in [7, 11) is -4.32. The van der Waals surface area contributed by atoms with Gasteiger partial charge in [-0.25, -0.2) is 0 Å². The summed E-state index contributed by atoms with van der Waals surface area (Å²) in [6.45, 7) is 3.67. The van der Waals surface area contributed by atoms with Gasteiger partial charge in [0.05, 0.1) is 0 Å². The molecule has 104 valence electrons. The molecular formula is C15H14O4S. The third-order valence-corrected chi connectivity index (χ3v) is 3.58. The largest absolute Gasteiger partial charge is 0.456 e. The Morgan fingerprint density at radius 2 is 1.65 bits per heavy atom. The third kappa shape index (κ3) is 3.26. The average molecular weight is 290 g/mol. The van der Waals surface area contributed by atoms with Crippen LogP contribution in [-0.4, -0.2) is 13.0 Å². The minimum atomic E-state index is -4.32. The third-order valence-electron chi connectivity index (χ3n) is 2.68. The predicted molar refractivity (Wildman–Crippen MR) is 76.7 cm³/mol. The second-order valence-electron chi connectivity index (χ2n) is 4.12. The normalized spacial score (nSPS) is 11.1. The molecule has 0 aliphatic rings. The molecule has 2 rings (SSSR count). The minimum absolute atomic E-state index is 0.0894. The van der Waals surface area contributed by atoms with Crippen molar-refractivity contribution in [3.8, 4) is 11.5 Å². The van der Waals surface area contributed by atoms with E-state index in [1.165, 1.54) is 18.2 Å². The zero-order valence-corrected chi connectivity index (χ0v) is 11.5. The van der Waals surface area contributed by atoms with Gasteiger partial charge in [0, 0.05) is 0 Å². The number of benzene rings is 2. The van der Waals surface area contributed by atoms with Crippen molar-refractivity contribution in [1.82, 2.24) is 0 Å². The summed E-state index contributed by atoms with van der Waals surface area (Å²) in [5.74, 6) is 0.620. The van der Waals surface area contributed by atoms with Crippen LogP contribution < -0.4 is 4.74 Å². The van der Waals surface area contributed by atoms with Crippen LogP contribution in [0.5, 0.6) is 11.5 Å². The molecule has 0 radical (unpaired) electrons. The van der Waals surface area contributed by atoms with E-state index in [1.807, 2.05) is 12.1 Å². The van der Waals surface area contributed by atoms with Gasteiger partial charge in [-0.3, -0.25) is 4.55 Å². The molecule has 0 saturated heterocycles.